The van der Waals surface area contributed by atoms with Crippen LogP contribution >= 0.6 is 20.3 Å². The molecule has 0 aliphatic carbocycles. The molecule has 1 amide bonds. The number of amides is 1. The van der Waals surface area contributed by atoms with Crippen LogP contribution in [0.15, 0.2) is 47.4 Å². The van der Waals surface area contributed by atoms with Gasteiger partial charge in [0.25, 0.3) is 5.91 Å². The number of carbonyl (C=O) groups is 2. The Kier molecular flexibility index (Phi) is 9.60. The molecular weight excluding hydrogens is 417 g/mol. The molecular formula is C23H32NO4PS. The molecule has 30 heavy (non-hydrogen) atoms. The van der Waals surface area contributed by atoms with Crippen LogP contribution < -0.4 is 5.32 Å². The van der Waals surface area contributed by atoms with Crippen LogP contribution in [-0.2, 0) is 9.59 Å². The lowest BCUT2D eigenvalue weighted by atomic mass is 9.97. The van der Waals surface area contributed by atoms with Gasteiger partial charge < -0.3 is 15.5 Å². The van der Waals surface area contributed by atoms with Gasteiger partial charge in [-0.05, 0) is 35.6 Å². The van der Waals surface area contributed by atoms with Gasteiger partial charge in [0.2, 0.25) is 0 Å². The Morgan fingerprint density at radius 2 is 1.87 bits per heavy atom. The summed E-state index contributed by atoms with van der Waals surface area (Å²) in [5.74, 6) is -1.51. The number of aliphatic carboxylic acids is 1. The van der Waals surface area contributed by atoms with Crippen molar-refractivity contribution < 1.29 is 19.8 Å². The Bertz CT molecular complexity index is 855. The Hall–Kier alpha value is -1.62. The van der Waals surface area contributed by atoms with Crippen LogP contribution in [-0.4, -0.2) is 45.4 Å². The van der Waals surface area contributed by atoms with Gasteiger partial charge in [0, 0.05) is 16.6 Å². The fourth-order valence-electron chi connectivity index (χ4n) is 3.39. The molecule has 0 fully saturated rings. The molecule has 7 heteroatoms. The smallest absolute Gasteiger partial charge is 0.326 e. The maximum Gasteiger partial charge on any atom is 0.326 e. The van der Waals surface area contributed by atoms with Gasteiger partial charge >= 0.3 is 5.97 Å². The lowest BCUT2D eigenvalue weighted by molar-refractivity contribution is -0.147. The van der Waals surface area contributed by atoms with Gasteiger partial charge in [0.15, 0.2) is 0 Å². The summed E-state index contributed by atoms with van der Waals surface area (Å²) in [6.07, 6.45) is 1.63. The summed E-state index contributed by atoms with van der Waals surface area (Å²) >= 11 is 1.72. The van der Waals surface area contributed by atoms with E-state index in [1.807, 2.05) is 39.0 Å². The third kappa shape index (κ3) is 6.97. The fourth-order valence-corrected chi connectivity index (χ4v) is 6.10. The van der Waals surface area contributed by atoms with Crippen LogP contribution in [0.4, 0.5) is 0 Å². The van der Waals surface area contributed by atoms with E-state index in [0.29, 0.717) is 34.0 Å². The number of nitrogens with one attached hydrogen (secondary N) is 1. The summed E-state index contributed by atoms with van der Waals surface area (Å²) < 4.78 is 0. The minimum Gasteiger partial charge on any atom is -0.480 e. The van der Waals surface area contributed by atoms with Crippen LogP contribution in [0.5, 0.6) is 0 Å². The molecule has 0 aliphatic heterocycles. The number of rotatable bonds is 12. The molecule has 2 rings (SSSR count). The van der Waals surface area contributed by atoms with Gasteiger partial charge in [-0.3, -0.25) is 4.79 Å². The maximum absolute atomic E-state index is 12.8. The van der Waals surface area contributed by atoms with E-state index in [1.165, 1.54) is 15.7 Å². The number of carboxylic acids is 1. The average Bonchev–Trinajstić information content (AvgIpc) is 2.70. The first-order chi connectivity index (χ1) is 14.3. The monoisotopic (exact) mass is 449 g/mol. The Morgan fingerprint density at radius 3 is 2.53 bits per heavy atom. The van der Waals surface area contributed by atoms with Crippen LogP contribution in [0.1, 0.15) is 40.0 Å². The summed E-state index contributed by atoms with van der Waals surface area (Å²) in [6, 6.07) is 13.5. The molecule has 0 radical (unpaired) electrons. The predicted molar refractivity (Wildman–Crippen MR) is 127 cm³/mol. The van der Waals surface area contributed by atoms with Crippen molar-refractivity contribution in [2.45, 2.75) is 56.6 Å². The molecule has 0 saturated carbocycles. The molecule has 2 aromatic carbocycles. The lowest BCUT2D eigenvalue weighted by Crippen LogP contribution is -2.54. The number of hydrogen-bond acceptors (Lipinski definition) is 4. The van der Waals surface area contributed by atoms with E-state index >= 15 is 0 Å². The van der Waals surface area contributed by atoms with Crippen LogP contribution in [0.3, 0.4) is 0 Å². The highest BCUT2D eigenvalue weighted by molar-refractivity contribution is 8.03. The first kappa shape index (κ1) is 24.6. The van der Waals surface area contributed by atoms with E-state index in [1.54, 1.807) is 11.8 Å². The summed E-state index contributed by atoms with van der Waals surface area (Å²) in [5, 5.41) is 25.4. The minimum atomic E-state index is -1.53. The highest BCUT2D eigenvalue weighted by Gasteiger charge is 2.37. The van der Waals surface area contributed by atoms with E-state index in [0.717, 1.165) is 5.49 Å². The Labute approximate surface area is 184 Å². The molecule has 164 valence electrons. The average molecular weight is 450 g/mol. The molecule has 0 aliphatic rings. The normalized spacial score (nSPS) is 14.8. The van der Waals surface area contributed by atoms with Crippen molar-refractivity contribution in [3.63, 3.8) is 0 Å². The second kappa shape index (κ2) is 11.7. The van der Waals surface area contributed by atoms with Gasteiger partial charge in [-0.2, -0.15) is 0 Å². The number of fused-ring (bicyclic) bond motifs is 1. The van der Waals surface area contributed by atoms with Crippen LogP contribution in [0, 0.1) is 5.92 Å². The highest BCUT2D eigenvalue weighted by atomic mass is 32.2. The Morgan fingerprint density at radius 1 is 1.17 bits per heavy atom. The van der Waals surface area contributed by atoms with Gasteiger partial charge in [-0.15, -0.1) is 20.3 Å². The zero-order valence-electron chi connectivity index (χ0n) is 17.9. The zero-order chi connectivity index (χ0) is 22.1. The lowest BCUT2D eigenvalue weighted by Gasteiger charge is -2.28. The SMILES string of the molecule is CCCC(O)(CPCSc1cccc2ccccc12)C(=O)N[C@@H](CC(C)C)C(=O)O. The third-order valence-corrected chi connectivity index (χ3v) is 7.79. The third-order valence-electron chi connectivity index (χ3n) is 4.89. The second-order valence-electron chi connectivity index (χ2n) is 7.97. The second-order valence-corrected chi connectivity index (χ2v) is 10.7. The molecule has 0 bridgehead atoms. The molecule has 2 unspecified atom stereocenters. The quantitative estimate of drug-likeness (QED) is 0.248. The van der Waals surface area contributed by atoms with Gasteiger partial charge in [-0.25, -0.2) is 4.79 Å². The number of carbonyl (C=O) groups excluding carboxylic acids is 1. The summed E-state index contributed by atoms with van der Waals surface area (Å²) in [7, 11) is 0.375. The number of aliphatic hydroxyl groups is 1. The standard InChI is InChI=1S/C23H32NO4PS/c1-4-12-23(28,22(27)24-19(21(25)26)13-16(2)3)14-29-15-30-20-11-7-9-17-8-5-6-10-18(17)20/h5-11,16,19,28-29H,4,12-15H2,1-3H3,(H,24,27)(H,25,26)/t19-,23?/m0/s1. The topological polar surface area (TPSA) is 86.6 Å². The summed E-state index contributed by atoms with van der Waals surface area (Å²) in [4.78, 5) is 25.4. The van der Waals surface area contributed by atoms with Crippen LogP contribution in [0.25, 0.3) is 10.8 Å². The van der Waals surface area contributed by atoms with Crippen molar-refractivity contribution in [3.05, 3.63) is 42.5 Å². The molecule has 3 N–H and O–H groups in total. The van der Waals surface area contributed by atoms with Crippen molar-refractivity contribution in [2.75, 3.05) is 11.7 Å². The summed E-state index contributed by atoms with van der Waals surface area (Å²) in [5.41, 5.74) is -0.737. The molecule has 0 spiro atoms. The van der Waals surface area contributed by atoms with Crippen LogP contribution in [0.2, 0.25) is 0 Å². The number of benzene rings is 2. The Balaban J connectivity index is 1.98. The fraction of sp³-hybridized carbons (Fsp3) is 0.478. The molecule has 0 saturated heterocycles. The molecule has 0 aromatic heterocycles. The number of carboxylic acid groups (broad SMARTS) is 1. The van der Waals surface area contributed by atoms with Crippen molar-refractivity contribution in [1.29, 1.82) is 0 Å². The van der Waals surface area contributed by atoms with Crippen molar-refractivity contribution in [2.24, 2.45) is 5.92 Å². The van der Waals surface area contributed by atoms with Gasteiger partial charge in [0.1, 0.15) is 11.6 Å². The maximum atomic E-state index is 12.8. The number of thioether (sulfide) groups is 1. The molecule has 5 nitrogen and oxygen atoms in total. The largest absolute Gasteiger partial charge is 0.480 e. The first-order valence-electron chi connectivity index (χ1n) is 10.3. The van der Waals surface area contributed by atoms with E-state index in [2.05, 4.69) is 29.6 Å². The zero-order valence-corrected chi connectivity index (χ0v) is 19.7. The summed E-state index contributed by atoms with van der Waals surface area (Å²) in [6.45, 7) is 5.73. The predicted octanol–water partition coefficient (Wildman–Crippen LogP) is 4.71. The number of hydrogen-bond donors (Lipinski definition) is 3. The molecule has 2 aromatic rings. The first-order valence-corrected chi connectivity index (χ1v) is 12.7. The van der Waals surface area contributed by atoms with Gasteiger partial charge in [-0.1, -0.05) is 63.6 Å². The van der Waals surface area contributed by atoms with E-state index < -0.39 is 23.5 Å². The van der Waals surface area contributed by atoms with E-state index in [-0.39, 0.29) is 5.92 Å². The highest BCUT2D eigenvalue weighted by Crippen LogP contribution is 2.34. The van der Waals surface area contributed by atoms with Crippen molar-refractivity contribution in [3.8, 4) is 0 Å². The minimum absolute atomic E-state index is 0.129. The van der Waals surface area contributed by atoms with Gasteiger partial charge in [0.05, 0.1) is 0 Å². The van der Waals surface area contributed by atoms with E-state index in [9.17, 15) is 19.8 Å². The van der Waals surface area contributed by atoms with Crippen molar-refractivity contribution in [1.82, 2.24) is 5.32 Å². The van der Waals surface area contributed by atoms with Crippen molar-refractivity contribution >= 4 is 43.0 Å². The molecule has 0 heterocycles. The van der Waals surface area contributed by atoms with E-state index in [4.69, 9.17) is 0 Å². The molecule has 3 atom stereocenters.